The number of likely N-dealkylation sites (tertiary alicyclic amines) is 1. The molecule has 7 heteroatoms. The van der Waals surface area contributed by atoms with Crippen LogP contribution >= 0.6 is 0 Å². The lowest BCUT2D eigenvalue weighted by atomic mass is 10.1. The summed E-state index contributed by atoms with van der Waals surface area (Å²) in [7, 11) is 1.77. The van der Waals surface area contributed by atoms with E-state index >= 15 is 0 Å². The predicted octanol–water partition coefficient (Wildman–Crippen LogP) is 2.55. The number of methoxy groups -OCH3 is 1. The second kappa shape index (κ2) is 13.7. The Kier molecular flexibility index (Phi) is 10.6. The van der Waals surface area contributed by atoms with Gasteiger partial charge < -0.3 is 29.7 Å². The quantitative estimate of drug-likeness (QED) is 0.438. The van der Waals surface area contributed by atoms with Crippen LogP contribution in [0, 0.1) is 0 Å². The highest BCUT2D eigenvalue weighted by Crippen LogP contribution is 2.15. The van der Waals surface area contributed by atoms with E-state index in [0.29, 0.717) is 25.3 Å². The van der Waals surface area contributed by atoms with Crippen LogP contribution in [-0.4, -0.2) is 76.1 Å². The van der Waals surface area contributed by atoms with Crippen LogP contribution in [0.25, 0.3) is 0 Å². The zero-order chi connectivity index (χ0) is 21.7. The summed E-state index contributed by atoms with van der Waals surface area (Å²) >= 11 is 0. The average molecular weight is 433 g/mol. The molecular formula is C24H40N4O3. The van der Waals surface area contributed by atoms with Crippen molar-refractivity contribution in [1.82, 2.24) is 15.5 Å². The molecule has 0 aliphatic carbocycles. The SMILES string of the molecule is CCNC(=NCc1cccc(COC2CCOCC2)c1)NC1CCN(CCOC)CC1. The Labute approximate surface area is 187 Å². The highest BCUT2D eigenvalue weighted by Gasteiger charge is 2.19. The lowest BCUT2D eigenvalue weighted by Crippen LogP contribution is -2.49. The molecular weight excluding hydrogens is 392 g/mol. The molecule has 1 aromatic rings. The fourth-order valence-electron chi connectivity index (χ4n) is 4.08. The summed E-state index contributed by atoms with van der Waals surface area (Å²) in [4.78, 5) is 7.31. The van der Waals surface area contributed by atoms with Crippen molar-refractivity contribution in [2.24, 2.45) is 4.99 Å². The first-order valence-electron chi connectivity index (χ1n) is 11.8. The third-order valence-corrected chi connectivity index (χ3v) is 5.95. The van der Waals surface area contributed by atoms with Gasteiger partial charge in [-0.25, -0.2) is 4.99 Å². The zero-order valence-electron chi connectivity index (χ0n) is 19.3. The molecule has 0 spiro atoms. The van der Waals surface area contributed by atoms with Gasteiger partial charge in [0.25, 0.3) is 0 Å². The fourth-order valence-corrected chi connectivity index (χ4v) is 4.08. The summed E-state index contributed by atoms with van der Waals surface area (Å²) in [5, 5.41) is 7.03. The normalized spacial score (nSPS) is 19.5. The van der Waals surface area contributed by atoms with Crippen molar-refractivity contribution in [3.05, 3.63) is 35.4 Å². The highest BCUT2D eigenvalue weighted by atomic mass is 16.5. The van der Waals surface area contributed by atoms with Crippen molar-refractivity contribution in [3.63, 3.8) is 0 Å². The molecule has 7 nitrogen and oxygen atoms in total. The summed E-state index contributed by atoms with van der Waals surface area (Å²) in [6.45, 7) is 9.95. The zero-order valence-corrected chi connectivity index (χ0v) is 19.3. The van der Waals surface area contributed by atoms with Gasteiger partial charge in [-0.15, -0.1) is 0 Å². The number of nitrogens with zero attached hydrogens (tertiary/aromatic N) is 2. The van der Waals surface area contributed by atoms with Crippen LogP contribution in [0.4, 0.5) is 0 Å². The van der Waals surface area contributed by atoms with Crippen LogP contribution in [0.3, 0.4) is 0 Å². The molecule has 0 amide bonds. The first kappa shape index (κ1) is 24.0. The summed E-state index contributed by atoms with van der Waals surface area (Å²) in [5.74, 6) is 0.904. The molecule has 0 radical (unpaired) electrons. The van der Waals surface area contributed by atoms with Gasteiger partial charge in [0, 0.05) is 52.5 Å². The van der Waals surface area contributed by atoms with E-state index in [9.17, 15) is 0 Å². The fraction of sp³-hybridized carbons (Fsp3) is 0.708. The number of nitrogens with one attached hydrogen (secondary N) is 2. The van der Waals surface area contributed by atoms with Gasteiger partial charge in [0.15, 0.2) is 5.96 Å². The van der Waals surface area contributed by atoms with E-state index in [1.165, 1.54) is 11.1 Å². The summed E-state index contributed by atoms with van der Waals surface area (Å²) in [6, 6.07) is 9.05. The maximum Gasteiger partial charge on any atom is 0.191 e. The minimum absolute atomic E-state index is 0.320. The molecule has 0 saturated carbocycles. The predicted molar refractivity (Wildman–Crippen MR) is 124 cm³/mol. The molecule has 2 saturated heterocycles. The Hall–Kier alpha value is -1.67. The largest absolute Gasteiger partial charge is 0.383 e. The number of benzene rings is 1. The molecule has 0 unspecified atom stereocenters. The Morgan fingerprint density at radius 2 is 1.94 bits per heavy atom. The number of ether oxygens (including phenoxy) is 3. The van der Waals surface area contributed by atoms with Crippen LogP contribution in [0.15, 0.2) is 29.3 Å². The maximum atomic E-state index is 6.07. The van der Waals surface area contributed by atoms with Gasteiger partial charge in [0.05, 0.1) is 25.9 Å². The number of piperidine rings is 1. The smallest absolute Gasteiger partial charge is 0.191 e. The second-order valence-electron chi connectivity index (χ2n) is 8.39. The minimum Gasteiger partial charge on any atom is -0.383 e. The van der Waals surface area contributed by atoms with Gasteiger partial charge in [0.1, 0.15) is 0 Å². The lowest BCUT2D eigenvalue weighted by Gasteiger charge is -2.32. The third-order valence-electron chi connectivity index (χ3n) is 5.95. The monoisotopic (exact) mass is 432 g/mol. The van der Waals surface area contributed by atoms with Crippen LogP contribution in [0.5, 0.6) is 0 Å². The van der Waals surface area contributed by atoms with Crippen molar-refractivity contribution in [2.75, 3.05) is 53.1 Å². The molecule has 2 aliphatic rings. The first-order chi connectivity index (χ1) is 15.3. The number of aliphatic imine (C=N–C) groups is 1. The van der Waals surface area contributed by atoms with Gasteiger partial charge in [-0.05, 0) is 43.7 Å². The van der Waals surface area contributed by atoms with E-state index < -0.39 is 0 Å². The molecule has 3 rings (SSSR count). The van der Waals surface area contributed by atoms with Crippen molar-refractivity contribution in [3.8, 4) is 0 Å². The van der Waals surface area contributed by atoms with Crippen LogP contribution in [0.1, 0.15) is 43.7 Å². The molecule has 174 valence electrons. The van der Waals surface area contributed by atoms with Crippen molar-refractivity contribution < 1.29 is 14.2 Å². The standard InChI is InChI=1S/C24H40N4O3/c1-3-25-24(27-22-7-11-28(12-8-22)13-16-29-2)26-18-20-5-4-6-21(17-20)19-31-23-9-14-30-15-10-23/h4-6,17,22-23H,3,7-16,18-19H2,1-2H3,(H2,25,26,27). The topological polar surface area (TPSA) is 67.4 Å². The van der Waals surface area contributed by atoms with E-state index in [4.69, 9.17) is 19.2 Å². The summed E-state index contributed by atoms with van der Waals surface area (Å²) < 4.78 is 16.7. The first-order valence-corrected chi connectivity index (χ1v) is 11.8. The Morgan fingerprint density at radius 1 is 1.16 bits per heavy atom. The highest BCUT2D eigenvalue weighted by molar-refractivity contribution is 5.80. The minimum atomic E-state index is 0.320. The second-order valence-corrected chi connectivity index (χ2v) is 8.39. The average Bonchev–Trinajstić information content (AvgIpc) is 2.82. The maximum absolute atomic E-state index is 6.07. The molecule has 0 aromatic heterocycles. The van der Waals surface area contributed by atoms with E-state index in [1.807, 2.05) is 0 Å². The van der Waals surface area contributed by atoms with E-state index in [-0.39, 0.29) is 0 Å². The molecule has 0 atom stereocenters. The number of hydrogen-bond acceptors (Lipinski definition) is 5. The Bertz CT molecular complexity index is 656. The molecule has 31 heavy (non-hydrogen) atoms. The van der Waals surface area contributed by atoms with E-state index in [0.717, 1.165) is 77.6 Å². The van der Waals surface area contributed by atoms with Gasteiger partial charge in [-0.2, -0.15) is 0 Å². The van der Waals surface area contributed by atoms with Crippen molar-refractivity contribution >= 4 is 5.96 Å². The van der Waals surface area contributed by atoms with Crippen molar-refractivity contribution in [2.45, 2.75) is 57.9 Å². The molecule has 1 aromatic carbocycles. The molecule has 2 N–H and O–H groups in total. The summed E-state index contributed by atoms with van der Waals surface area (Å²) in [5.41, 5.74) is 2.42. The Balaban J connectivity index is 1.47. The van der Waals surface area contributed by atoms with Crippen molar-refractivity contribution in [1.29, 1.82) is 0 Å². The molecule has 2 heterocycles. The van der Waals surface area contributed by atoms with Crippen LogP contribution < -0.4 is 10.6 Å². The number of guanidine groups is 1. The number of hydrogen-bond donors (Lipinski definition) is 2. The van der Waals surface area contributed by atoms with Crippen LogP contribution in [-0.2, 0) is 27.4 Å². The van der Waals surface area contributed by atoms with Gasteiger partial charge >= 0.3 is 0 Å². The van der Waals surface area contributed by atoms with E-state index in [1.54, 1.807) is 7.11 Å². The summed E-state index contributed by atoms with van der Waals surface area (Å²) in [6.07, 6.45) is 4.57. The molecule has 2 aliphatic heterocycles. The van der Waals surface area contributed by atoms with Gasteiger partial charge in [-0.3, -0.25) is 0 Å². The third kappa shape index (κ3) is 8.77. The number of rotatable bonds is 10. The Morgan fingerprint density at radius 3 is 2.68 bits per heavy atom. The van der Waals surface area contributed by atoms with Crippen LogP contribution in [0.2, 0.25) is 0 Å². The van der Waals surface area contributed by atoms with Gasteiger partial charge in [-0.1, -0.05) is 24.3 Å². The van der Waals surface area contributed by atoms with E-state index in [2.05, 4.69) is 46.7 Å². The molecule has 2 fully saturated rings. The molecule has 0 bridgehead atoms. The van der Waals surface area contributed by atoms with Gasteiger partial charge in [0.2, 0.25) is 0 Å². The lowest BCUT2D eigenvalue weighted by molar-refractivity contribution is -0.0390.